The molecule has 2 heterocycles. The molecule has 1 aliphatic heterocycles. The standard InChI is InChI=1S/C12H17N3/c13-7-10-2-1-3-12(14-10)15-8-9-4-5-11(15)6-9/h1-3,9,11H,4-8,13H2. The third kappa shape index (κ3) is 1.51. The molecule has 80 valence electrons. The summed E-state index contributed by atoms with van der Waals surface area (Å²) in [5, 5.41) is 0. The van der Waals surface area contributed by atoms with E-state index < -0.39 is 0 Å². The van der Waals surface area contributed by atoms with E-state index in [-0.39, 0.29) is 0 Å². The normalized spacial score (nSPS) is 28.7. The summed E-state index contributed by atoms with van der Waals surface area (Å²) in [5.74, 6) is 2.04. The van der Waals surface area contributed by atoms with Gasteiger partial charge in [-0.2, -0.15) is 0 Å². The summed E-state index contributed by atoms with van der Waals surface area (Å²) in [6, 6.07) is 6.92. The van der Waals surface area contributed by atoms with E-state index in [1.807, 2.05) is 6.07 Å². The average Bonchev–Trinajstić information content (AvgIpc) is 2.91. The molecule has 2 unspecified atom stereocenters. The Bertz CT molecular complexity index is 364. The van der Waals surface area contributed by atoms with Crippen LogP contribution < -0.4 is 10.6 Å². The lowest BCUT2D eigenvalue weighted by Gasteiger charge is -2.28. The summed E-state index contributed by atoms with van der Waals surface area (Å²) in [7, 11) is 0. The lowest BCUT2D eigenvalue weighted by molar-refractivity contribution is 0.550. The monoisotopic (exact) mass is 203 g/mol. The van der Waals surface area contributed by atoms with E-state index in [9.17, 15) is 0 Å². The van der Waals surface area contributed by atoms with Crippen LogP contribution in [0.3, 0.4) is 0 Å². The Kier molecular flexibility index (Phi) is 2.13. The molecule has 2 bridgehead atoms. The Balaban J connectivity index is 1.86. The zero-order chi connectivity index (χ0) is 10.3. The number of aromatic nitrogens is 1. The highest BCUT2D eigenvalue weighted by Gasteiger charge is 2.38. The topological polar surface area (TPSA) is 42.1 Å². The summed E-state index contributed by atoms with van der Waals surface area (Å²) in [5.41, 5.74) is 6.61. The molecule has 2 N–H and O–H groups in total. The van der Waals surface area contributed by atoms with Crippen molar-refractivity contribution in [2.45, 2.75) is 31.8 Å². The molecule has 1 saturated carbocycles. The predicted molar refractivity (Wildman–Crippen MR) is 60.6 cm³/mol. The Hall–Kier alpha value is -1.09. The number of pyridine rings is 1. The van der Waals surface area contributed by atoms with Gasteiger partial charge in [-0.1, -0.05) is 6.07 Å². The van der Waals surface area contributed by atoms with Crippen molar-refractivity contribution in [1.29, 1.82) is 0 Å². The molecule has 15 heavy (non-hydrogen) atoms. The number of hydrogen-bond donors (Lipinski definition) is 1. The number of nitrogens with zero attached hydrogens (tertiary/aromatic N) is 2. The van der Waals surface area contributed by atoms with Crippen LogP contribution in [-0.2, 0) is 6.54 Å². The molecule has 3 rings (SSSR count). The summed E-state index contributed by atoms with van der Waals surface area (Å²) in [4.78, 5) is 7.06. The first-order chi connectivity index (χ1) is 7.36. The van der Waals surface area contributed by atoms with E-state index in [1.165, 1.54) is 25.8 Å². The van der Waals surface area contributed by atoms with E-state index in [4.69, 9.17) is 5.73 Å². The number of nitrogens with two attached hydrogens (primary N) is 1. The van der Waals surface area contributed by atoms with Gasteiger partial charge in [-0.15, -0.1) is 0 Å². The second-order valence-electron chi connectivity index (χ2n) is 4.68. The lowest BCUT2D eigenvalue weighted by atomic mass is 10.1. The van der Waals surface area contributed by atoms with Gasteiger partial charge in [0.1, 0.15) is 5.82 Å². The highest BCUT2D eigenvalue weighted by Crippen LogP contribution is 2.39. The molecule has 2 fully saturated rings. The number of rotatable bonds is 2. The Morgan fingerprint density at radius 1 is 1.40 bits per heavy atom. The predicted octanol–water partition coefficient (Wildman–Crippen LogP) is 1.53. The van der Waals surface area contributed by atoms with Crippen molar-refractivity contribution in [1.82, 2.24) is 4.98 Å². The van der Waals surface area contributed by atoms with E-state index in [1.54, 1.807) is 0 Å². The van der Waals surface area contributed by atoms with E-state index >= 15 is 0 Å². The molecule has 1 aromatic heterocycles. The molecule has 2 aliphatic rings. The van der Waals surface area contributed by atoms with Crippen LogP contribution in [0.5, 0.6) is 0 Å². The summed E-state index contributed by atoms with van der Waals surface area (Å²) < 4.78 is 0. The molecule has 0 spiro atoms. The van der Waals surface area contributed by atoms with Crippen molar-refractivity contribution in [3.63, 3.8) is 0 Å². The molecule has 0 aromatic carbocycles. The van der Waals surface area contributed by atoms with Crippen molar-refractivity contribution in [3.8, 4) is 0 Å². The van der Waals surface area contributed by atoms with Crippen LogP contribution in [0.2, 0.25) is 0 Å². The third-order valence-electron chi connectivity index (χ3n) is 3.70. The minimum atomic E-state index is 0.537. The number of anilines is 1. The van der Waals surface area contributed by atoms with Crippen LogP contribution in [0.15, 0.2) is 18.2 Å². The van der Waals surface area contributed by atoms with Gasteiger partial charge in [0, 0.05) is 19.1 Å². The number of fused-ring (bicyclic) bond motifs is 2. The molecule has 1 aliphatic carbocycles. The quantitative estimate of drug-likeness (QED) is 0.792. The van der Waals surface area contributed by atoms with Crippen molar-refractivity contribution < 1.29 is 0 Å². The lowest BCUT2D eigenvalue weighted by Crippen LogP contribution is -2.32. The fraction of sp³-hybridized carbons (Fsp3) is 0.583. The number of piperidine rings is 1. The molecule has 3 nitrogen and oxygen atoms in total. The van der Waals surface area contributed by atoms with Gasteiger partial charge in [-0.25, -0.2) is 4.98 Å². The smallest absolute Gasteiger partial charge is 0.129 e. The van der Waals surface area contributed by atoms with Crippen LogP contribution in [0, 0.1) is 5.92 Å². The second kappa shape index (κ2) is 3.49. The first-order valence-electron chi connectivity index (χ1n) is 5.79. The van der Waals surface area contributed by atoms with Crippen LogP contribution >= 0.6 is 0 Å². The highest BCUT2D eigenvalue weighted by atomic mass is 15.2. The fourth-order valence-corrected chi connectivity index (χ4v) is 2.95. The van der Waals surface area contributed by atoms with Gasteiger partial charge in [0.25, 0.3) is 0 Å². The van der Waals surface area contributed by atoms with Gasteiger partial charge in [-0.05, 0) is 37.3 Å². The highest BCUT2D eigenvalue weighted by molar-refractivity contribution is 5.43. The Morgan fingerprint density at radius 3 is 3.00 bits per heavy atom. The molecule has 3 heteroatoms. The number of hydrogen-bond acceptors (Lipinski definition) is 3. The minimum Gasteiger partial charge on any atom is -0.353 e. The molecule has 0 radical (unpaired) electrons. The van der Waals surface area contributed by atoms with Gasteiger partial charge in [-0.3, -0.25) is 0 Å². The van der Waals surface area contributed by atoms with Crippen LogP contribution in [0.25, 0.3) is 0 Å². The van der Waals surface area contributed by atoms with Gasteiger partial charge in [0.05, 0.1) is 5.69 Å². The maximum Gasteiger partial charge on any atom is 0.129 e. The van der Waals surface area contributed by atoms with Gasteiger partial charge < -0.3 is 10.6 Å². The van der Waals surface area contributed by atoms with Crippen LogP contribution in [0.4, 0.5) is 5.82 Å². The largest absolute Gasteiger partial charge is 0.353 e. The van der Waals surface area contributed by atoms with Crippen LogP contribution in [0.1, 0.15) is 25.0 Å². The van der Waals surface area contributed by atoms with Crippen molar-refractivity contribution in [2.75, 3.05) is 11.4 Å². The van der Waals surface area contributed by atoms with E-state index in [2.05, 4.69) is 22.0 Å². The van der Waals surface area contributed by atoms with Gasteiger partial charge in [0.15, 0.2) is 0 Å². The maximum absolute atomic E-state index is 5.61. The summed E-state index contributed by atoms with van der Waals surface area (Å²) in [6.07, 6.45) is 4.13. The van der Waals surface area contributed by atoms with E-state index in [0.717, 1.165) is 23.5 Å². The summed E-state index contributed by atoms with van der Waals surface area (Å²) >= 11 is 0. The third-order valence-corrected chi connectivity index (χ3v) is 3.70. The van der Waals surface area contributed by atoms with Crippen molar-refractivity contribution in [3.05, 3.63) is 23.9 Å². The maximum atomic E-state index is 5.61. The zero-order valence-corrected chi connectivity index (χ0v) is 8.89. The first kappa shape index (κ1) is 9.16. The van der Waals surface area contributed by atoms with Crippen molar-refractivity contribution >= 4 is 5.82 Å². The van der Waals surface area contributed by atoms with Gasteiger partial charge in [0.2, 0.25) is 0 Å². The molecule has 2 atom stereocenters. The second-order valence-corrected chi connectivity index (χ2v) is 4.68. The van der Waals surface area contributed by atoms with Gasteiger partial charge >= 0.3 is 0 Å². The Labute approximate surface area is 90.3 Å². The molecule has 1 aromatic rings. The summed E-state index contributed by atoms with van der Waals surface area (Å²) in [6.45, 7) is 1.74. The molecular weight excluding hydrogens is 186 g/mol. The average molecular weight is 203 g/mol. The Morgan fingerprint density at radius 2 is 2.33 bits per heavy atom. The minimum absolute atomic E-state index is 0.537. The first-order valence-corrected chi connectivity index (χ1v) is 5.79. The fourth-order valence-electron chi connectivity index (χ4n) is 2.95. The van der Waals surface area contributed by atoms with Crippen LogP contribution in [-0.4, -0.2) is 17.6 Å². The van der Waals surface area contributed by atoms with Crippen molar-refractivity contribution in [2.24, 2.45) is 11.7 Å². The zero-order valence-electron chi connectivity index (χ0n) is 8.89. The van der Waals surface area contributed by atoms with E-state index in [0.29, 0.717) is 6.54 Å². The molecule has 0 amide bonds. The molecule has 1 saturated heterocycles. The molecular formula is C12H17N3. The SMILES string of the molecule is NCc1cccc(N2CC3CCC2C3)n1.